The van der Waals surface area contributed by atoms with Gasteiger partial charge in [-0.05, 0) is 55.9 Å². The number of para-hydroxylation sites is 1. The Morgan fingerprint density at radius 2 is 1.88 bits per heavy atom. The van der Waals surface area contributed by atoms with Gasteiger partial charge in [0, 0.05) is 30.9 Å². The number of aryl methyl sites for hydroxylation is 1. The highest BCUT2D eigenvalue weighted by atomic mass is 16.2. The molecule has 32 heavy (non-hydrogen) atoms. The molecule has 1 saturated heterocycles. The van der Waals surface area contributed by atoms with Crippen molar-refractivity contribution in [1.29, 1.82) is 0 Å². The van der Waals surface area contributed by atoms with Crippen LogP contribution in [0.15, 0.2) is 60.9 Å². The summed E-state index contributed by atoms with van der Waals surface area (Å²) in [4.78, 5) is 32.0. The summed E-state index contributed by atoms with van der Waals surface area (Å²) < 4.78 is 1.73. The fourth-order valence-electron chi connectivity index (χ4n) is 4.76. The molecule has 1 saturated carbocycles. The number of carbonyl (C=O) groups is 2. The van der Waals surface area contributed by atoms with Crippen LogP contribution in [0.4, 0.5) is 0 Å². The van der Waals surface area contributed by atoms with E-state index in [4.69, 9.17) is 0 Å². The van der Waals surface area contributed by atoms with E-state index in [1.807, 2.05) is 60.4 Å². The van der Waals surface area contributed by atoms with Crippen LogP contribution in [0.3, 0.4) is 0 Å². The SMILES string of the molecule is Cc1cccc(CNC(=O)C2CC23CCN(C(=O)c2cnn(-c4ccccc4)c2)CC3)n1. The average molecular weight is 430 g/mol. The molecule has 2 aliphatic rings. The zero-order chi connectivity index (χ0) is 22.1. The molecule has 2 amide bonds. The molecule has 1 unspecified atom stereocenters. The molecule has 5 rings (SSSR count). The lowest BCUT2D eigenvalue weighted by atomic mass is 9.90. The Bertz CT molecular complexity index is 1130. The van der Waals surface area contributed by atoms with Gasteiger partial charge in [0.1, 0.15) is 0 Å². The number of likely N-dealkylation sites (tertiary alicyclic amines) is 1. The van der Waals surface area contributed by atoms with Crippen LogP contribution in [0.2, 0.25) is 0 Å². The topological polar surface area (TPSA) is 80.1 Å². The number of carbonyl (C=O) groups excluding carboxylic acids is 2. The van der Waals surface area contributed by atoms with Crippen molar-refractivity contribution in [2.75, 3.05) is 13.1 Å². The summed E-state index contributed by atoms with van der Waals surface area (Å²) in [6, 6.07) is 15.6. The second-order valence-corrected chi connectivity index (χ2v) is 8.91. The summed E-state index contributed by atoms with van der Waals surface area (Å²) in [6.45, 7) is 3.77. The van der Waals surface area contributed by atoms with Crippen molar-refractivity contribution < 1.29 is 9.59 Å². The monoisotopic (exact) mass is 429 g/mol. The zero-order valence-corrected chi connectivity index (χ0v) is 18.2. The van der Waals surface area contributed by atoms with E-state index < -0.39 is 0 Å². The average Bonchev–Trinajstić information content (AvgIpc) is 3.28. The van der Waals surface area contributed by atoms with E-state index in [0.717, 1.165) is 36.3 Å². The third-order valence-electron chi connectivity index (χ3n) is 6.79. The number of aromatic nitrogens is 3. The highest BCUT2D eigenvalue weighted by Gasteiger charge is 2.58. The number of nitrogens with zero attached hydrogens (tertiary/aromatic N) is 4. The number of piperidine rings is 1. The van der Waals surface area contributed by atoms with Crippen LogP contribution in [0, 0.1) is 18.3 Å². The van der Waals surface area contributed by atoms with Gasteiger partial charge in [0.25, 0.3) is 5.91 Å². The molecule has 2 aromatic heterocycles. The molecule has 2 fully saturated rings. The van der Waals surface area contributed by atoms with Crippen molar-refractivity contribution in [3.8, 4) is 5.69 Å². The fraction of sp³-hybridized carbons (Fsp3) is 0.360. The van der Waals surface area contributed by atoms with Gasteiger partial charge in [0.15, 0.2) is 0 Å². The number of nitrogens with one attached hydrogen (secondary N) is 1. The van der Waals surface area contributed by atoms with E-state index >= 15 is 0 Å². The van der Waals surface area contributed by atoms with E-state index in [1.165, 1.54) is 0 Å². The number of pyridine rings is 1. The minimum absolute atomic E-state index is 0.00852. The Morgan fingerprint density at radius 3 is 2.62 bits per heavy atom. The predicted octanol–water partition coefficient (Wildman–Crippen LogP) is 3.13. The number of amides is 2. The van der Waals surface area contributed by atoms with Crippen LogP contribution >= 0.6 is 0 Å². The molecule has 1 spiro atoms. The summed E-state index contributed by atoms with van der Waals surface area (Å²) >= 11 is 0. The van der Waals surface area contributed by atoms with Gasteiger partial charge in [-0.2, -0.15) is 5.10 Å². The summed E-state index contributed by atoms with van der Waals surface area (Å²) in [5.41, 5.74) is 3.41. The highest BCUT2D eigenvalue weighted by molar-refractivity contribution is 5.94. The molecule has 3 aromatic rings. The molecular formula is C25H27N5O2. The number of hydrogen-bond acceptors (Lipinski definition) is 4. The molecule has 3 heterocycles. The maximum Gasteiger partial charge on any atom is 0.257 e. The largest absolute Gasteiger partial charge is 0.350 e. The summed E-state index contributed by atoms with van der Waals surface area (Å²) in [5, 5.41) is 7.39. The number of benzene rings is 1. The van der Waals surface area contributed by atoms with Gasteiger partial charge in [-0.15, -0.1) is 0 Å². The van der Waals surface area contributed by atoms with Crippen molar-refractivity contribution >= 4 is 11.8 Å². The molecule has 164 valence electrons. The second-order valence-electron chi connectivity index (χ2n) is 8.91. The minimum atomic E-state index is 0.00852. The maximum absolute atomic E-state index is 13.0. The molecule has 7 heteroatoms. The van der Waals surface area contributed by atoms with Gasteiger partial charge in [0.2, 0.25) is 5.91 Å². The first-order chi connectivity index (χ1) is 15.5. The Kier molecular flexibility index (Phi) is 5.25. The minimum Gasteiger partial charge on any atom is -0.350 e. The molecule has 1 aromatic carbocycles. The molecule has 0 radical (unpaired) electrons. The third kappa shape index (κ3) is 4.02. The summed E-state index contributed by atoms with van der Waals surface area (Å²) in [6.07, 6.45) is 6.06. The van der Waals surface area contributed by atoms with E-state index in [9.17, 15) is 9.59 Å². The molecule has 1 N–H and O–H groups in total. The molecule has 7 nitrogen and oxygen atoms in total. The van der Waals surface area contributed by atoms with E-state index in [1.54, 1.807) is 17.1 Å². The number of rotatable bonds is 5. The van der Waals surface area contributed by atoms with Crippen LogP contribution < -0.4 is 5.32 Å². The quantitative estimate of drug-likeness (QED) is 0.676. The third-order valence-corrected chi connectivity index (χ3v) is 6.79. The van der Waals surface area contributed by atoms with Gasteiger partial charge in [-0.3, -0.25) is 14.6 Å². The molecule has 0 bridgehead atoms. The Hall–Kier alpha value is -3.48. The second kappa shape index (κ2) is 8.22. The Morgan fingerprint density at radius 1 is 1.09 bits per heavy atom. The van der Waals surface area contributed by atoms with Gasteiger partial charge >= 0.3 is 0 Å². The zero-order valence-electron chi connectivity index (χ0n) is 18.2. The Balaban J connectivity index is 1.14. The van der Waals surface area contributed by atoms with Crippen LogP contribution in [0.25, 0.3) is 5.69 Å². The first-order valence-electron chi connectivity index (χ1n) is 11.1. The van der Waals surface area contributed by atoms with Gasteiger partial charge < -0.3 is 10.2 Å². The first-order valence-corrected chi connectivity index (χ1v) is 11.1. The highest BCUT2D eigenvalue weighted by Crippen LogP contribution is 2.59. The summed E-state index contributed by atoms with van der Waals surface area (Å²) in [7, 11) is 0. The van der Waals surface area contributed by atoms with Gasteiger partial charge in [-0.1, -0.05) is 24.3 Å². The maximum atomic E-state index is 13.0. The molecule has 1 aliphatic heterocycles. The van der Waals surface area contributed by atoms with Crippen LogP contribution in [0.1, 0.15) is 41.0 Å². The van der Waals surface area contributed by atoms with Crippen molar-refractivity contribution in [2.24, 2.45) is 11.3 Å². The fourth-order valence-corrected chi connectivity index (χ4v) is 4.76. The van der Waals surface area contributed by atoms with Crippen LogP contribution in [0.5, 0.6) is 0 Å². The molecule has 1 aliphatic carbocycles. The predicted molar refractivity (Wildman–Crippen MR) is 120 cm³/mol. The molecule has 1 atom stereocenters. The standard InChI is InChI=1S/C25H27N5O2/c1-18-6-5-7-20(28-18)16-26-23(31)22-14-25(22)10-12-29(13-11-25)24(32)19-15-27-30(17-19)21-8-3-2-4-9-21/h2-9,15,17,22H,10-14,16H2,1H3,(H,26,31). The van der Waals surface area contributed by atoms with E-state index in [2.05, 4.69) is 15.4 Å². The lowest BCUT2D eigenvalue weighted by molar-refractivity contribution is -0.123. The summed E-state index contributed by atoms with van der Waals surface area (Å²) in [5.74, 6) is 0.164. The van der Waals surface area contributed by atoms with E-state index in [0.29, 0.717) is 25.2 Å². The van der Waals surface area contributed by atoms with Crippen LogP contribution in [-0.2, 0) is 11.3 Å². The molecular weight excluding hydrogens is 402 g/mol. The van der Waals surface area contributed by atoms with Crippen molar-refractivity contribution in [3.05, 3.63) is 77.9 Å². The number of hydrogen-bond donors (Lipinski definition) is 1. The lowest BCUT2D eigenvalue weighted by Crippen LogP contribution is -2.40. The first kappa shape index (κ1) is 20.4. The van der Waals surface area contributed by atoms with E-state index in [-0.39, 0.29) is 23.1 Å². The smallest absolute Gasteiger partial charge is 0.257 e. The van der Waals surface area contributed by atoms with Crippen molar-refractivity contribution in [1.82, 2.24) is 25.0 Å². The normalized spacial score (nSPS) is 19.0. The van der Waals surface area contributed by atoms with Gasteiger partial charge in [0.05, 0.1) is 29.7 Å². The Labute approximate surface area is 187 Å². The van der Waals surface area contributed by atoms with Crippen molar-refractivity contribution in [3.63, 3.8) is 0 Å². The van der Waals surface area contributed by atoms with Crippen molar-refractivity contribution in [2.45, 2.75) is 32.7 Å². The van der Waals surface area contributed by atoms with Crippen LogP contribution in [-0.4, -0.2) is 44.6 Å². The van der Waals surface area contributed by atoms with Gasteiger partial charge in [-0.25, -0.2) is 4.68 Å². The lowest BCUT2D eigenvalue weighted by Gasteiger charge is -2.32.